The monoisotopic (exact) mass is 595 g/mol. The van der Waals surface area contributed by atoms with E-state index in [1.807, 2.05) is 27.7 Å². The number of rotatable bonds is 24. The summed E-state index contributed by atoms with van der Waals surface area (Å²) < 4.78 is 28.9. The van der Waals surface area contributed by atoms with Crippen molar-refractivity contribution in [2.45, 2.75) is 84.9 Å². The first-order chi connectivity index (χ1) is 18.7. The number of nitrogens with zero attached hydrogens (tertiary/aromatic N) is 2. The molecule has 0 aromatic heterocycles. The Hall–Kier alpha value is -1.91. The van der Waals surface area contributed by atoms with Gasteiger partial charge in [-0.15, -0.1) is 4.42 Å². The number of hydroxylamine groups is 2. The molecular formula is C26H48N2O11P+. The van der Waals surface area contributed by atoms with E-state index in [4.69, 9.17) is 39.0 Å². The Kier molecular flexibility index (Phi) is 18.3. The van der Waals surface area contributed by atoms with Gasteiger partial charge in [0, 0.05) is 0 Å². The van der Waals surface area contributed by atoms with Crippen molar-refractivity contribution in [2.75, 3.05) is 53.4 Å². The van der Waals surface area contributed by atoms with Crippen molar-refractivity contribution in [3.8, 4) is 6.07 Å². The van der Waals surface area contributed by atoms with Gasteiger partial charge in [0.2, 0.25) is 0 Å². The molecular weight excluding hydrogens is 547 g/mol. The largest absolute Gasteiger partial charge is 0.481 e. The summed E-state index contributed by atoms with van der Waals surface area (Å²) in [6.07, 6.45) is -0.194. The third kappa shape index (κ3) is 13.2. The quantitative estimate of drug-likeness (QED) is 0.0723. The number of hydrogen-bond acceptors (Lipinski definition) is 10. The standard InChI is InChI=1S/C26H47N2O11P/c1-20(2)28(21(3)4,38-13-8-12-27)40-39-19-26(17-35-14-9-22(29)30,18-36-15-11-24(33)34-7)25(5,6)37-16-10-23(31)32/h20-21,40H,8-11,13-19H2,1-7H3,(H-,29,30,31,32)/p+1. The highest BCUT2D eigenvalue weighted by atomic mass is 31.1. The lowest BCUT2D eigenvalue weighted by Crippen LogP contribution is -2.56. The highest BCUT2D eigenvalue weighted by molar-refractivity contribution is 7.25. The number of carboxylic acid groups (broad SMARTS) is 2. The van der Waals surface area contributed by atoms with Gasteiger partial charge in [-0.25, -0.2) is 0 Å². The smallest absolute Gasteiger partial charge is 0.307 e. The zero-order valence-corrected chi connectivity index (χ0v) is 25.9. The molecule has 0 saturated heterocycles. The lowest BCUT2D eigenvalue weighted by Gasteiger charge is -2.46. The molecule has 0 aromatic carbocycles. The van der Waals surface area contributed by atoms with Crippen LogP contribution in [-0.2, 0) is 42.7 Å². The fraction of sp³-hybridized carbons (Fsp3) is 0.846. The molecule has 0 aliphatic heterocycles. The maximum absolute atomic E-state index is 11.6. The SMILES string of the molecule is COC(=O)CCOCC(COCCC(=O)O)(COP[N+](OCCC#N)(C(C)C)C(C)C)C(C)(C)OCCC(=O)O. The Balaban J connectivity index is 6.13. The predicted octanol–water partition coefficient (Wildman–Crippen LogP) is 3.32. The second-order valence-corrected chi connectivity index (χ2v) is 11.5. The van der Waals surface area contributed by atoms with Crippen LogP contribution >= 0.6 is 8.96 Å². The number of methoxy groups -OCH3 is 1. The fourth-order valence-electron chi connectivity index (χ4n) is 3.79. The van der Waals surface area contributed by atoms with Crippen molar-refractivity contribution in [3.63, 3.8) is 0 Å². The molecule has 0 rings (SSSR count). The van der Waals surface area contributed by atoms with Gasteiger partial charge in [-0.2, -0.15) is 10.1 Å². The van der Waals surface area contributed by atoms with Crippen LogP contribution in [0.15, 0.2) is 0 Å². The Bertz CT molecular complexity index is 809. The van der Waals surface area contributed by atoms with E-state index in [9.17, 15) is 14.4 Å². The molecule has 13 nitrogen and oxygen atoms in total. The van der Waals surface area contributed by atoms with Crippen LogP contribution in [0.1, 0.15) is 67.2 Å². The van der Waals surface area contributed by atoms with Gasteiger partial charge in [0.1, 0.15) is 18.7 Å². The number of carbonyl (C=O) groups excluding carboxylic acids is 1. The second kappa shape index (κ2) is 19.3. The van der Waals surface area contributed by atoms with Crippen LogP contribution in [0.5, 0.6) is 0 Å². The van der Waals surface area contributed by atoms with Gasteiger partial charge in [-0.05, 0) is 41.5 Å². The molecule has 0 fully saturated rings. The summed E-state index contributed by atoms with van der Waals surface area (Å²) in [5, 5.41) is 27.2. The summed E-state index contributed by atoms with van der Waals surface area (Å²) in [5.41, 5.74) is -2.10. The number of esters is 1. The molecule has 0 spiro atoms. The minimum Gasteiger partial charge on any atom is -0.481 e. The number of carboxylic acids is 2. The van der Waals surface area contributed by atoms with Crippen LogP contribution in [0.25, 0.3) is 0 Å². The highest BCUT2D eigenvalue weighted by Gasteiger charge is 2.49. The van der Waals surface area contributed by atoms with E-state index in [-0.39, 0.29) is 97.4 Å². The maximum Gasteiger partial charge on any atom is 0.307 e. The molecule has 0 heterocycles. The summed E-state index contributed by atoms with van der Waals surface area (Å²) in [7, 11) is 1.08. The number of ether oxygens (including phenoxy) is 4. The number of aliphatic carboxylic acids is 2. The van der Waals surface area contributed by atoms with Gasteiger partial charge in [-0.3, -0.25) is 14.4 Å². The topological polar surface area (TPSA) is 171 Å². The summed E-state index contributed by atoms with van der Waals surface area (Å²) >= 11 is 0. The van der Waals surface area contributed by atoms with Crippen LogP contribution in [-0.4, -0.2) is 104 Å². The van der Waals surface area contributed by atoms with E-state index in [0.717, 1.165) is 0 Å². The first-order valence-corrected chi connectivity index (χ1v) is 14.1. The van der Waals surface area contributed by atoms with E-state index < -0.39 is 28.9 Å². The molecule has 2 unspecified atom stereocenters. The molecule has 0 saturated carbocycles. The Morgan fingerprint density at radius 2 is 1.40 bits per heavy atom. The first-order valence-electron chi connectivity index (χ1n) is 13.3. The molecule has 0 aromatic rings. The molecule has 0 aliphatic rings. The average molecular weight is 596 g/mol. The van der Waals surface area contributed by atoms with Crippen molar-refractivity contribution in [1.29, 1.82) is 5.26 Å². The Labute approximate surface area is 239 Å². The molecule has 0 aliphatic carbocycles. The Morgan fingerprint density at radius 1 is 0.875 bits per heavy atom. The highest BCUT2D eigenvalue weighted by Crippen LogP contribution is 2.43. The van der Waals surface area contributed by atoms with Gasteiger partial charge < -0.3 is 33.7 Å². The van der Waals surface area contributed by atoms with E-state index >= 15 is 0 Å². The van der Waals surface area contributed by atoms with Crippen LogP contribution in [0, 0.1) is 16.7 Å². The van der Waals surface area contributed by atoms with Gasteiger partial charge in [0.15, 0.2) is 0 Å². The van der Waals surface area contributed by atoms with Crippen molar-refractivity contribution in [2.24, 2.45) is 5.41 Å². The fourth-order valence-corrected chi connectivity index (χ4v) is 4.90. The number of nitriles is 1. The van der Waals surface area contributed by atoms with Crippen LogP contribution in [0.2, 0.25) is 0 Å². The van der Waals surface area contributed by atoms with Crippen molar-refractivity contribution in [3.05, 3.63) is 0 Å². The van der Waals surface area contributed by atoms with Crippen molar-refractivity contribution >= 4 is 26.9 Å². The van der Waals surface area contributed by atoms with Gasteiger partial charge in [0.05, 0.1) is 89.5 Å². The maximum atomic E-state index is 11.6. The molecule has 232 valence electrons. The van der Waals surface area contributed by atoms with E-state index in [2.05, 4.69) is 10.8 Å². The third-order valence-electron chi connectivity index (χ3n) is 6.56. The molecule has 0 bridgehead atoms. The molecule has 0 amide bonds. The lowest BCUT2D eigenvalue weighted by atomic mass is 9.75. The molecule has 40 heavy (non-hydrogen) atoms. The van der Waals surface area contributed by atoms with Crippen LogP contribution < -0.4 is 0 Å². The van der Waals surface area contributed by atoms with Crippen LogP contribution in [0.4, 0.5) is 0 Å². The van der Waals surface area contributed by atoms with Gasteiger partial charge in [-0.1, -0.05) is 0 Å². The first kappa shape index (κ1) is 38.1. The minimum atomic E-state index is -1.06. The van der Waals surface area contributed by atoms with Crippen LogP contribution in [0.3, 0.4) is 0 Å². The van der Waals surface area contributed by atoms with Gasteiger partial charge in [0.25, 0.3) is 8.96 Å². The second-order valence-electron chi connectivity index (χ2n) is 10.4. The number of quaternary nitrogens is 1. The summed E-state index contributed by atoms with van der Waals surface area (Å²) in [6.45, 7) is 11.7. The zero-order valence-electron chi connectivity index (χ0n) is 24.9. The minimum absolute atomic E-state index is 0.000262. The lowest BCUT2D eigenvalue weighted by molar-refractivity contribution is -1.04. The molecule has 2 N–H and O–H groups in total. The predicted molar refractivity (Wildman–Crippen MR) is 146 cm³/mol. The normalized spacial score (nSPS) is 14.0. The number of carbonyl (C=O) groups is 3. The molecule has 14 heteroatoms. The Morgan fingerprint density at radius 3 is 1.88 bits per heavy atom. The third-order valence-corrected chi connectivity index (χ3v) is 8.28. The van der Waals surface area contributed by atoms with Crippen molar-refractivity contribution in [1.82, 2.24) is 0 Å². The number of hydrogen-bond donors (Lipinski definition) is 2. The van der Waals surface area contributed by atoms with E-state index in [1.54, 1.807) is 13.8 Å². The zero-order chi connectivity index (χ0) is 30.8. The summed E-state index contributed by atoms with van der Waals surface area (Å²) in [4.78, 5) is 40.0. The van der Waals surface area contributed by atoms with Gasteiger partial charge >= 0.3 is 17.9 Å². The molecule has 0 radical (unpaired) electrons. The average Bonchev–Trinajstić information content (AvgIpc) is 2.86. The van der Waals surface area contributed by atoms with E-state index in [0.29, 0.717) is 0 Å². The molecule has 2 atom stereocenters. The summed E-state index contributed by atoms with van der Waals surface area (Å²) in [6, 6.07) is 2.07. The van der Waals surface area contributed by atoms with Crippen molar-refractivity contribution < 1.29 is 57.3 Å². The van der Waals surface area contributed by atoms with E-state index in [1.165, 1.54) is 7.11 Å². The summed E-state index contributed by atoms with van der Waals surface area (Å²) in [5.74, 6) is -2.47.